The number of hydrogen-bond donors (Lipinski definition) is 0. The summed E-state index contributed by atoms with van der Waals surface area (Å²) in [5.74, 6) is -1.85. The molecular weight excluding hydrogens is 667 g/mol. The zero-order valence-electron chi connectivity index (χ0n) is 28.1. The molecular formula is C38H35F5N6O2. The smallest absolute Gasteiger partial charge is 0.319 e. The number of anilines is 1. The number of hydrogen-bond acceptors (Lipinski definition) is 7. The highest BCUT2D eigenvalue weighted by Gasteiger charge is 2.77. The van der Waals surface area contributed by atoms with Crippen molar-refractivity contribution in [3.63, 3.8) is 0 Å². The molecule has 4 aliphatic rings. The number of halogens is 5. The molecule has 3 saturated heterocycles. The summed E-state index contributed by atoms with van der Waals surface area (Å²) in [5.41, 5.74) is -2.24. The van der Waals surface area contributed by atoms with Crippen LogP contribution >= 0.6 is 0 Å². The summed E-state index contributed by atoms with van der Waals surface area (Å²) < 4.78 is 81.8. The van der Waals surface area contributed by atoms with Crippen molar-refractivity contribution < 1.29 is 31.5 Å². The van der Waals surface area contributed by atoms with Gasteiger partial charge in [-0.05, 0) is 37.3 Å². The zero-order chi connectivity index (χ0) is 36.0. The molecule has 4 aromatic rings. The predicted octanol–water partition coefficient (Wildman–Crippen LogP) is 6.31. The Morgan fingerprint density at radius 2 is 2.00 bits per heavy atom. The van der Waals surface area contributed by atoms with Crippen LogP contribution in [-0.4, -0.2) is 93.7 Å². The Bertz CT molecular complexity index is 2170. The van der Waals surface area contributed by atoms with Gasteiger partial charge in [-0.15, -0.1) is 6.42 Å². The van der Waals surface area contributed by atoms with Gasteiger partial charge in [0.15, 0.2) is 5.82 Å². The summed E-state index contributed by atoms with van der Waals surface area (Å²) in [5, 5.41) is 1.15. The van der Waals surface area contributed by atoms with Crippen molar-refractivity contribution in [2.75, 3.05) is 38.2 Å². The van der Waals surface area contributed by atoms with Gasteiger partial charge in [-0.1, -0.05) is 36.8 Å². The van der Waals surface area contributed by atoms with E-state index in [1.54, 1.807) is 41.1 Å². The number of pyridine rings is 1. The minimum Gasteiger partial charge on any atom is -0.461 e. The van der Waals surface area contributed by atoms with Crippen molar-refractivity contribution in [3.05, 3.63) is 66.4 Å². The van der Waals surface area contributed by atoms with E-state index in [2.05, 4.69) is 22.5 Å². The molecule has 0 unspecified atom stereocenters. The average molecular weight is 703 g/mol. The number of amides is 1. The van der Waals surface area contributed by atoms with Crippen LogP contribution in [0.4, 0.5) is 27.8 Å². The normalized spacial score (nSPS) is 28.0. The van der Waals surface area contributed by atoms with E-state index in [0.717, 1.165) is 0 Å². The van der Waals surface area contributed by atoms with Gasteiger partial charge in [-0.3, -0.25) is 14.7 Å². The van der Waals surface area contributed by atoms with E-state index in [-0.39, 0.29) is 96.5 Å². The maximum atomic E-state index is 16.9. The van der Waals surface area contributed by atoms with Crippen molar-refractivity contribution >= 4 is 33.4 Å². The third-order valence-electron chi connectivity index (χ3n) is 11.6. The molecule has 264 valence electrons. The standard InChI is InChI=1S/C38H35F5N6O2/c1-5-24-27(40)11-10-22-8-7-9-25(30(22)24)32-31(41)33-26(15-44-32)34(47(4)28-12-13-49(21(28)3)29(50)6-2)46-35(45-33)51-20-37-14-23(39)16-48(37)19-36(17-37)18-38(36,42)43/h1,6-11,15,21,23,28H,2,12-14,16-20H2,3-4H3/t21-,23-,28-,36-,37-/m1/s1. The highest BCUT2D eigenvalue weighted by molar-refractivity contribution is 6.02. The largest absolute Gasteiger partial charge is 0.461 e. The first-order valence-corrected chi connectivity index (χ1v) is 16.9. The van der Waals surface area contributed by atoms with Crippen LogP contribution in [0.2, 0.25) is 0 Å². The molecule has 8 rings (SSSR count). The molecule has 8 nitrogen and oxygen atoms in total. The molecule has 13 heteroatoms. The van der Waals surface area contributed by atoms with Crippen LogP contribution in [0.15, 0.2) is 49.2 Å². The predicted molar refractivity (Wildman–Crippen MR) is 182 cm³/mol. The quantitative estimate of drug-likeness (QED) is 0.127. The Kier molecular flexibility index (Phi) is 7.58. The highest BCUT2D eigenvalue weighted by atomic mass is 19.3. The summed E-state index contributed by atoms with van der Waals surface area (Å²) in [6, 6.07) is 7.10. The number of terminal acetylenes is 1. The molecule has 2 aromatic heterocycles. The van der Waals surface area contributed by atoms with Gasteiger partial charge in [0.25, 0.3) is 5.92 Å². The maximum absolute atomic E-state index is 16.9. The Balaban J connectivity index is 1.24. The average Bonchev–Trinajstić information content (AvgIpc) is 3.40. The van der Waals surface area contributed by atoms with E-state index in [0.29, 0.717) is 23.7 Å². The Morgan fingerprint density at radius 3 is 2.73 bits per heavy atom. The SMILES string of the molecule is C#Cc1c(F)ccc2cccc(-c3ncc4c(N(C)[C@@H]5CCN(C(=O)C=C)[C@@H]5C)nc(OC[C@]56C[C@@H](F)CN5C[C@]5(CC5(F)F)C6)nc4c3F)c12. The third-order valence-corrected chi connectivity index (χ3v) is 11.6. The summed E-state index contributed by atoms with van der Waals surface area (Å²) in [6.45, 7) is 5.91. The number of rotatable bonds is 7. The Hall–Kier alpha value is -4.83. The van der Waals surface area contributed by atoms with Gasteiger partial charge in [0, 0.05) is 62.7 Å². The molecule has 1 amide bonds. The second kappa shape index (κ2) is 11.6. The molecule has 51 heavy (non-hydrogen) atoms. The van der Waals surface area contributed by atoms with Crippen molar-refractivity contribution in [1.29, 1.82) is 0 Å². The van der Waals surface area contributed by atoms with Gasteiger partial charge in [-0.2, -0.15) is 9.97 Å². The number of carbonyl (C=O) groups is 1. The van der Waals surface area contributed by atoms with Crippen LogP contribution in [-0.2, 0) is 4.79 Å². The van der Waals surface area contributed by atoms with Crippen LogP contribution in [0.1, 0.15) is 38.2 Å². The third kappa shape index (κ3) is 5.05. The number of nitrogens with zero attached hydrogens (tertiary/aromatic N) is 6. The van der Waals surface area contributed by atoms with Gasteiger partial charge in [-0.25, -0.2) is 22.0 Å². The number of benzene rings is 2. The van der Waals surface area contributed by atoms with Gasteiger partial charge in [0.05, 0.1) is 27.9 Å². The molecule has 0 radical (unpaired) electrons. The first-order chi connectivity index (χ1) is 24.3. The van der Waals surface area contributed by atoms with E-state index in [9.17, 15) is 22.4 Å². The highest BCUT2D eigenvalue weighted by Crippen LogP contribution is 2.69. The summed E-state index contributed by atoms with van der Waals surface area (Å²) in [7, 11) is 1.77. The number of likely N-dealkylation sites (tertiary alicyclic amines) is 1. The van der Waals surface area contributed by atoms with Crippen molar-refractivity contribution in [1.82, 2.24) is 24.8 Å². The molecule has 3 aliphatic heterocycles. The Morgan fingerprint density at radius 1 is 1.22 bits per heavy atom. The topological polar surface area (TPSA) is 74.7 Å². The molecule has 5 atom stereocenters. The lowest BCUT2D eigenvalue weighted by molar-refractivity contribution is -0.126. The number of likely N-dealkylation sites (N-methyl/N-ethyl adjacent to an activating group) is 1. The molecule has 2 aromatic carbocycles. The maximum Gasteiger partial charge on any atom is 0.319 e. The van der Waals surface area contributed by atoms with E-state index >= 15 is 4.39 Å². The number of carbonyl (C=O) groups excluding carboxylic acids is 1. The van der Waals surface area contributed by atoms with Gasteiger partial charge >= 0.3 is 6.01 Å². The minimum absolute atomic E-state index is 0.0233. The Labute approximate surface area is 291 Å². The van der Waals surface area contributed by atoms with Gasteiger partial charge in [0.2, 0.25) is 5.91 Å². The fourth-order valence-electron chi connectivity index (χ4n) is 8.91. The monoisotopic (exact) mass is 702 g/mol. The lowest BCUT2D eigenvalue weighted by Crippen LogP contribution is -2.44. The van der Waals surface area contributed by atoms with Crippen LogP contribution < -0.4 is 9.64 Å². The summed E-state index contributed by atoms with van der Waals surface area (Å²) in [4.78, 5) is 31.5. The van der Waals surface area contributed by atoms with E-state index in [1.807, 2.05) is 11.8 Å². The molecule has 1 aliphatic carbocycles. The fraction of sp³-hybridized carbons (Fsp3) is 0.421. The van der Waals surface area contributed by atoms with Gasteiger partial charge < -0.3 is 14.5 Å². The van der Waals surface area contributed by atoms with Crippen molar-refractivity contribution in [2.24, 2.45) is 5.41 Å². The fourth-order valence-corrected chi connectivity index (χ4v) is 8.91. The number of aromatic nitrogens is 3. The van der Waals surface area contributed by atoms with Crippen LogP contribution in [0, 0.1) is 29.4 Å². The van der Waals surface area contributed by atoms with Crippen LogP contribution in [0.3, 0.4) is 0 Å². The minimum atomic E-state index is -2.82. The molecule has 1 saturated carbocycles. The molecule has 1 spiro atoms. The second-order valence-electron chi connectivity index (χ2n) is 14.5. The summed E-state index contributed by atoms with van der Waals surface area (Å²) in [6.07, 6.45) is 7.61. The van der Waals surface area contributed by atoms with E-state index < -0.39 is 34.7 Å². The van der Waals surface area contributed by atoms with E-state index in [4.69, 9.17) is 16.1 Å². The van der Waals surface area contributed by atoms with Gasteiger partial charge in [0.1, 0.15) is 35.6 Å². The first kappa shape index (κ1) is 33.3. The first-order valence-electron chi connectivity index (χ1n) is 16.9. The van der Waals surface area contributed by atoms with Crippen LogP contribution in [0.5, 0.6) is 6.01 Å². The van der Waals surface area contributed by atoms with Crippen LogP contribution in [0.25, 0.3) is 32.9 Å². The lowest BCUT2D eigenvalue weighted by Gasteiger charge is -2.32. The zero-order valence-corrected chi connectivity index (χ0v) is 28.1. The number of alkyl halides is 3. The van der Waals surface area contributed by atoms with E-state index in [1.165, 1.54) is 18.3 Å². The molecule has 0 N–H and O–H groups in total. The number of fused-ring (bicyclic) bond motifs is 3. The molecule has 5 heterocycles. The summed E-state index contributed by atoms with van der Waals surface area (Å²) >= 11 is 0. The molecule has 4 fully saturated rings. The number of ether oxygens (including phenoxy) is 1. The van der Waals surface area contributed by atoms with Crippen molar-refractivity contribution in [3.8, 4) is 29.6 Å². The van der Waals surface area contributed by atoms with Crippen molar-refractivity contribution in [2.45, 2.75) is 62.3 Å². The lowest BCUT2D eigenvalue weighted by atomic mass is 9.88. The molecule has 0 bridgehead atoms. The second-order valence-corrected chi connectivity index (χ2v) is 14.5.